The fourth-order valence-electron chi connectivity index (χ4n) is 2.98. The van der Waals surface area contributed by atoms with Gasteiger partial charge in [0.2, 0.25) is 0 Å². The average Bonchev–Trinajstić information content (AvgIpc) is 2.65. The molecular weight excluding hydrogens is 326 g/mol. The average molecular weight is 351 g/mol. The highest BCUT2D eigenvalue weighted by molar-refractivity contribution is 5.78. The minimum absolute atomic E-state index is 0.0131. The second-order valence-electron chi connectivity index (χ2n) is 6.04. The summed E-state index contributed by atoms with van der Waals surface area (Å²) in [5, 5.41) is 0. The number of pyridine rings is 2. The van der Waals surface area contributed by atoms with Crippen molar-refractivity contribution in [1.82, 2.24) is 9.55 Å². The summed E-state index contributed by atoms with van der Waals surface area (Å²) in [5.41, 5.74) is 3.85. The molecule has 0 bridgehead atoms. The van der Waals surface area contributed by atoms with Gasteiger partial charge in [0.15, 0.2) is 0 Å². The van der Waals surface area contributed by atoms with E-state index in [1.54, 1.807) is 23.8 Å². The molecule has 1 saturated heterocycles. The van der Waals surface area contributed by atoms with Crippen molar-refractivity contribution in [2.24, 2.45) is 0 Å². The molecule has 1 aromatic carbocycles. The number of ether oxygens (including phenoxy) is 1. The zero-order valence-electron chi connectivity index (χ0n) is 15.6. The van der Waals surface area contributed by atoms with Crippen molar-refractivity contribution in [3.63, 3.8) is 0 Å². The first-order valence-corrected chi connectivity index (χ1v) is 9.12. The molecule has 3 heterocycles. The summed E-state index contributed by atoms with van der Waals surface area (Å²) in [5.74, 6) is 0.811. The molecule has 136 valence electrons. The molecule has 0 atom stereocenters. The third-order valence-corrected chi connectivity index (χ3v) is 4.54. The van der Waals surface area contributed by atoms with Crippen molar-refractivity contribution in [3.05, 3.63) is 64.6 Å². The molecule has 3 aromatic rings. The highest BCUT2D eigenvalue weighted by atomic mass is 16.5. The van der Waals surface area contributed by atoms with E-state index in [4.69, 9.17) is 4.74 Å². The maximum absolute atomic E-state index is 12.4. The smallest absolute Gasteiger partial charge is 0.251 e. The van der Waals surface area contributed by atoms with Crippen LogP contribution in [0.15, 0.2) is 53.5 Å². The minimum Gasteiger partial charge on any atom is -0.497 e. The van der Waals surface area contributed by atoms with E-state index >= 15 is 0 Å². The Morgan fingerprint density at radius 3 is 2.42 bits per heavy atom. The van der Waals surface area contributed by atoms with Crippen LogP contribution in [-0.2, 0) is 6.54 Å². The van der Waals surface area contributed by atoms with Crippen molar-refractivity contribution >= 4 is 16.7 Å². The van der Waals surface area contributed by atoms with E-state index in [0.717, 1.165) is 41.1 Å². The predicted molar refractivity (Wildman–Crippen MR) is 106 cm³/mol. The number of anilines is 1. The van der Waals surface area contributed by atoms with Crippen LogP contribution in [0.3, 0.4) is 0 Å². The summed E-state index contributed by atoms with van der Waals surface area (Å²) in [6.45, 7) is 6.64. The van der Waals surface area contributed by atoms with Crippen molar-refractivity contribution in [2.75, 3.05) is 25.1 Å². The summed E-state index contributed by atoms with van der Waals surface area (Å²) in [7, 11) is 1.65. The number of methoxy groups -OCH3 is 1. The molecule has 0 unspecified atom stereocenters. The fraction of sp³-hybridized carbons (Fsp3) is 0.333. The Kier molecular flexibility index (Phi) is 5.56. The minimum atomic E-state index is -0.0131. The normalized spacial score (nSPS) is 13.0. The maximum Gasteiger partial charge on any atom is 0.251 e. The van der Waals surface area contributed by atoms with Crippen molar-refractivity contribution in [1.29, 1.82) is 0 Å². The van der Waals surface area contributed by atoms with Gasteiger partial charge in [0, 0.05) is 19.2 Å². The van der Waals surface area contributed by atoms with Crippen LogP contribution in [0.4, 0.5) is 5.69 Å². The van der Waals surface area contributed by atoms with E-state index in [9.17, 15) is 4.79 Å². The largest absolute Gasteiger partial charge is 0.497 e. The second kappa shape index (κ2) is 8.04. The first-order valence-electron chi connectivity index (χ1n) is 9.12. The van der Waals surface area contributed by atoms with Crippen molar-refractivity contribution in [3.8, 4) is 5.75 Å². The third kappa shape index (κ3) is 3.57. The second-order valence-corrected chi connectivity index (χ2v) is 6.04. The van der Waals surface area contributed by atoms with Gasteiger partial charge < -0.3 is 14.2 Å². The van der Waals surface area contributed by atoms with Crippen LogP contribution in [0.1, 0.15) is 25.8 Å². The summed E-state index contributed by atoms with van der Waals surface area (Å²) >= 11 is 0. The van der Waals surface area contributed by atoms with Gasteiger partial charge in [-0.3, -0.25) is 9.78 Å². The van der Waals surface area contributed by atoms with Gasteiger partial charge in [-0.2, -0.15) is 0 Å². The topological polar surface area (TPSA) is 47.4 Å². The molecule has 0 spiro atoms. The van der Waals surface area contributed by atoms with Crippen LogP contribution in [0.25, 0.3) is 11.0 Å². The third-order valence-electron chi connectivity index (χ3n) is 4.54. The first-order chi connectivity index (χ1) is 12.7. The van der Waals surface area contributed by atoms with E-state index in [2.05, 4.69) is 16.0 Å². The van der Waals surface area contributed by atoms with Crippen molar-refractivity contribution in [2.45, 2.75) is 26.8 Å². The number of hydrogen-bond acceptors (Lipinski definition) is 4. The Morgan fingerprint density at radius 1 is 1.08 bits per heavy atom. The lowest BCUT2D eigenvalue weighted by Crippen LogP contribution is -2.37. The summed E-state index contributed by atoms with van der Waals surface area (Å²) in [6, 6.07) is 13.2. The van der Waals surface area contributed by atoms with E-state index in [-0.39, 0.29) is 5.56 Å². The maximum atomic E-state index is 12.4. The monoisotopic (exact) mass is 351 g/mol. The lowest BCUT2D eigenvalue weighted by atomic mass is 10.1. The Morgan fingerprint density at radius 2 is 1.81 bits per heavy atom. The number of hydrogen-bond donors (Lipinski definition) is 0. The van der Waals surface area contributed by atoms with Crippen LogP contribution < -0.4 is 15.2 Å². The van der Waals surface area contributed by atoms with Gasteiger partial charge in [-0.05, 0) is 36.2 Å². The zero-order chi connectivity index (χ0) is 18.5. The number of benzene rings is 1. The van der Waals surface area contributed by atoms with Crippen LogP contribution in [0.5, 0.6) is 5.75 Å². The molecular formula is C21H25N3O2. The molecule has 4 rings (SSSR count). The number of aromatic nitrogens is 2. The molecule has 26 heavy (non-hydrogen) atoms. The van der Waals surface area contributed by atoms with E-state index in [0.29, 0.717) is 6.54 Å². The Hall–Kier alpha value is -2.82. The Balaban J connectivity index is 0.000000948. The highest BCUT2D eigenvalue weighted by Gasteiger charge is 2.16. The lowest BCUT2D eigenvalue weighted by Gasteiger charge is -2.33. The van der Waals surface area contributed by atoms with Gasteiger partial charge in [-0.25, -0.2) is 0 Å². The van der Waals surface area contributed by atoms with Crippen LogP contribution in [0.2, 0.25) is 0 Å². The van der Waals surface area contributed by atoms with Crippen molar-refractivity contribution < 1.29 is 4.74 Å². The molecule has 0 amide bonds. The summed E-state index contributed by atoms with van der Waals surface area (Å²) in [4.78, 5) is 19.2. The first kappa shape index (κ1) is 18.0. The number of fused-ring (bicyclic) bond motifs is 1. The Bertz CT molecular complexity index is 928. The Labute approximate surface area is 153 Å². The summed E-state index contributed by atoms with van der Waals surface area (Å²) < 4.78 is 6.98. The molecule has 0 aliphatic carbocycles. The molecule has 2 aromatic heterocycles. The van der Waals surface area contributed by atoms with Crippen LogP contribution >= 0.6 is 0 Å². The quantitative estimate of drug-likeness (QED) is 0.719. The predicted octanol–water partition coefficient (Wildman–Crippen LogP) is 3.69. The van der Waals surface area contributed by atoms with Gasteiger partial charge in [-0.15, -0.1) is 0 Å². The molecule has 0 saturated carbocycles. The fourth-order valence-corrected chi connectivity index (χ4v) is 2.98. The number of nitrogens with zero attached hydrogens (tertiary/aromatic N) is 3. The van der Waals surface area contributed by atoms with Gasteiger partial charge in [-0.1, -0.05) is 26.0 Å². The lowest BCUT2D eigenvalue weighted by molar-refractivity contribution is 0.414. The standard InChI is InChI=1S/C19H19N3O2.C2H6/c1-24-16-5-3-14(4-6-16)13-22-18-11-15(21-9-2-10-21)12-20-17(18)7-8-19(22)23;1-2/h3-8,11-12H,2,9-10,13H2,1H3;1-2H3. The van der Waals surface area contributed by atoms with Crippen LogP contribution in [-0.4, -0.2) is 29.8 Å². The molecule has 1 fully saturated rings. The SMILES string of the molecule is CC.COc1ccc(Cn2c(=O)ccc3ncc(N4CCC4)cc32)cc1. The van der Waals surface area contributed by atoms with E-state index < -0.39 is 0 Å². The van der Waals surface area contributed by atoms with Crippen LogP contribution in [0, 0.1) is 0 Å². The molecule has 0 radical (unpaired) electrons. The van der Waals surface area contributed by atoms with E-state index in [1.807, 2.05) is 44.3 Å². The molecule has 0 N–H and O–H groups in total. The van der Waals surface area contributed by atoms with Gasteiger partial charge in [0.05, 0.1) is 36.6 Å². The molecule has 1 aliphatic rings. The van der Waals surface area contributed by atoms with Gasteiger partial charge in [0.25, 0.3) is 5.56 Å². The zero-order valence-corrected chi connectivity index (χ0v) is 15.6. The molecule has 1 aliphatic heterocycles. The highest BCUT2D eigenvalue weighted by Crippen LogP contribution is 2.23. The summed E-state index contributed by atoms with van der Waals surface area (Å²) in [6.07, 6.45) is 3.11. The molecule has 5 nitrogen and oxygen atoms in total. The molecule has 5 heteroatoms. The van der Waals surface area contributed by atoms with Gasteiger partial charge in [0.1, 0.15) is 5.75 Å². The van der Waals surface area contributed by atoms with E-state index in [1.165, 1.54) is 6.42 Å². The van der Waals surface area contributed by atoms with Gasteiger partial charge >= 0.3 is 0 Å². The number of rotatable bonds is 4.